The molecule has 6 nitrogen and oxygen atoms in total. The molecule has 1 heterocycles. The summed E-state index contributed by atoms with van der Waals surface area (Å²) in [7, 11) is 0. The number of piperidine rings is 1. The van der Waals surface area contributed by atoms with Crippen LogP contribution in [0.1, 0.15) is 65.2 Å². The van der Waals surface area contributed by atoms with Crippen molar-refractivity contribution in [1.29, 1.82) is 0 Å². The van der Waals surface area contributed by atoms with Gasteiger partial charge < -0.3 is 21.3 Å². The second kappa shape index (κ2) is 13.9. The zero-order valence-electron chi connectivity index (χ0n) is 16.4. The SMILES string of the molecule is CCCCCCN=C(NCC)NCCCCN1CCC(C(N)=O)CC1. The first-order valence-electron chi connectivity index (χ1n) is 10.2. The van der Waals surface area contributed by atoms with E-state index in [4.69, 9.17) is 5.73 Å². The van der Waals surface area contributed by atoms with Gasteiger partial charge in [0, 0.05) is 25.6 Å². The molecule has 1 aliphatic heterocycles. The van der Waals surface area contributed by atoms with Crippen LogP contribution in [0.2, 0.25) is 0 Å². The predicted octanol–water partition coefficient (Wildman–Crippen LogP) is 2.10. The summed E-state index contributed by atoms with van der Waals surface area (Å²) in [5.41, 5.74) is 5.38. The predicted molar refractivity (Wildman–Crippen MR) is 106 cm³/mol. The molecule has 25 heavy (non-hydrogen) atoms. The van der Waals surface area contributed by atoms with Gasteiger partial charge >= 0.3 is 0 Å². The van der Waals surface area contributed by atoms with Gasteiger partial charge in [0.05, 0.1) is 0 Å². The molecule has 6 heteroatoms. The van der Waals surface area contributed by atoms with Crippen LogP contribution in [0.25, 0.3) is 0 Å². The minimum atomic E-state index is -0.131. The molecular weight excluding hydrogens is 314 g/mol. The van der Waals surface area contributed by atoms with Crippen molar-refractivity contribution < 1.29 is 4.79 Å². The maximum atomic E-state index is 11.2. The number of likely N-dealkylation sites (tertiary alicyclic amines) is 1. The molecule has 0 unspecified atom stereocenters. The van der Waals surface area contributed by atoms with Crippen molar-refractivity contribution in [2.75, 3.05) is 39.3 Å². The van der Waals surface area contributed by atoms with Crippen LogP contribution in [0.5, 0.6) is 0 Å². The standard InChI is InChI=1S/C19H39N5O/c1-3-5-6-7-12-22-19(21-4-2)23-13-8-9-14-24-15-10-17(11-16-24)18(20)25/h17H,3-16H2,1-2H3,(H2,20,25)(H2,21,22,23). The lowest BCUT2D eigenvalue weighted by atomic mass is 9.96. The number of nitrogens with one attached hydrogen (secondary N) is 2. The smallest absolute Gasteiger partial charge is 0.220 e. The van der Waals surface area contributed by atoms with E-state index in [0.29, 0.717) is 0 Å². The van der Waals surface area contributed by atoms with Crippen LogP contribution in [0.3, 0.4) is 0 Å². The first kappa shape index (κ1) is 21.7. The summed E-state index contributed by atoms with van der Waals surface area (Å²) < 4.78 is 0. The summed E-state index contributed by atoms with van der Waals surface area (Å²) in [6.07, 6.45) is 9.15. The number of nitrogens with zero attached hydrogens (tertiary/aromatic N) is 2. The Morgan fingerprint density at radius 3 is 2.48 bits per heavy atom. The van der Waals surface area contributed by atoms with E-state index in [0.717, 1.165) is 64.5 Å². The molecule has 1 amide bonds. The van der Waals surface area contributed by atoms with Gasteiger partial charge in [-0.15, -0.1) is 0 Å². The number of carbonyl (C=O) groups excluding carboxylic acids is 1. The van der Waals surface area contributed by atoms with Crippen LogP contribution in [0.15, 0.2) is 4.99 Å². The number of primary amides is 1. The Morgan fingerprint density at radius 1 is 1.08 bits per heavy atom. The summed E-state index contributed by atoms with van der Waals surface area (Å²) in [5, 5.41) is 6.74. The van der Waals surface area contributed by atoms with Gasteiger partial charge in [-0.05, 0) is 58.7 Å². The number of aliphatic imine (C=N–C) groups is 1. The fourth-order valence-corrected chi connectivity index (χ4v) is 3.18. The number of guanidine groups is 1. The minimum absolute atomic E-state index is 0.0918. The van der Waals surface area contributed by atoms with Crippen molar-refractivity contribution in [3.63, 3.8) is 0 Å². The molecule has 0 spiro atoms. The monoisotopic (exact) mass is 353 g/mol. The molecule has 0 atom stereocenters. The first-order valence-corrected chi connectivity index (χ1v) is 10.2. The van der Waals surface area contributed by atoms with E-state index in [9.17, 15) is 4.79 Å². The van der Waals surface area contributed by atoms with Gasteiger partial charge in [0.2, 0.25) is 5.91 Å². The molecule has 1 aliphatic rings. The molecule has 0 aromatic rings. The highest BCUT2D eigenvalue weighted by atomic mass is 16.1. The molecule has 146 valence electrons. The molecule has 0 aromatic carbocycles. The molecule has 1 rings (SSSR count). The van der Waals surface area contributed by atoms with Crippen LogP contribution < -0.4 is 16.4 Å². The lowest BCUT2D eigenvalue weighted by Crippen LogP contribution is -2.39. The molecule has 0 aliphatic carbocycles. The summed E-state index contributed by atoms with van der Waals surface area (Å²) in [5.74, 6) is 0.907. The van der Waals surface area contributed by atoms with Crippen molar-refractivity contribution in [3.8, 4) is 0 Å². The maximum Gasteiger partial charge on any atom is 0.220 e. The topological polar surface area (TPSA) is 82.8 Å². The molecule has 0 bridgehead atoms. The van der Waals surface area contributed by atoms with E-state index < -0.39 is 0 Å². The molecule has 0 saturated carbocycles. The van der Waals surface area contributed by atoms with Crippen molar-refractivity contribution in [3.05, 3.63) is 0 Å². The van der Waals surface area contributed by atoms with Gasteiger partial charge in [-0.1, -0.05) is 26.2 Å². The minimum Gasteiger partial charge on any atom is -0.369 e. The highest BCUT2D eigenvalue weighted by Crippen LogP contribution is 2.16. The van der Waals surface area contributed by atoms with Crippen LogP contribution in [0.4, 0.5) is 0 Å². The van der Waals surface area contributed by atoms with E-state index >= 15 is 0 Å². The van der Waals surface area contributed by atoms with Crippen LogP contribution in [0, 0.1) is 5.92 Å². The first-order chi connectivity index (χ1) is 12.2. The summed E-state index contributed by atoms with van der Waals surface area (Å²) in [6, 6.07) is 0. The Labute approximate surface area is 154 Å². The van der Waals surface area contributed by atoms with Crippen LogP contribution in [-0.2, 0) is 4.79 Å². The zero-order valence-corrected chi connectivity index (χ0v) is 16.4. The molecular formula is C19H39N5O. The zero-order chi connectivity index (χ0) is 18.3. The Balaban J connectivity index is 2.09. The fraction of sp³-hybridized carbons (Fsp3) is 0.895. The number of unbranched alkanes of at least 4 members (excludes halogenated alkanes) is 4. The quantitative estimate of drug-likeness (QED) is 0.285. The normalized spacial score (nSPS) is 16.8. The average molecular weight is 354 g/mol. The van der Waals surface area contributed by atoms with Gasteiger partial charge in [-0.25, -0.2) is 0 Å². The largest absolute Gasteiger partial charge is 0.369 e. The molecule has 1 fully saturated rings. The molecule has 0 aromatic heterocycles. The highest BCUT2D eigenvalue weighted by Gasteiger charge is 2.22. The van der Waals surface area contributed by atoms with E-state index in [2.05, 4.69) is 34.4 Å². The maximum absolute atomic E-state index is 11.2. The van der Waals surface area contributed by atoms with Gasteiger partial charge in [-0.2, -0.15) is 0 Å². The Morgan fingerprint density at radius 2 is 1.84 bits per heavy atom. The summed E-state index contributed by atoms with van der Waals surface area (Å²) in [4.78, 5) is 18.3. The van der Waals surface area contributed by atoms with Crippen molar-refractivity contribution in [1.82, 2.24) is 15.5 Å². The van der Waals surface area contributed by atoms with Crippen LogP contribution >= 0.6 is 0 Å². The number of hydrogen-bond acceptors (Lipinski definition) is 3. The van der Waals surface area contributed by atoms with Crippen molar-refractivity contribution >= 4 is 11.9 Å². The van der Waals surface area contributed by atoms with E-state index in [1.54, 1.807) is 0 Å². The van der Waals surface area contributed by atoms with Crippen molar-refractivity contribution in [2.24, 2.45) is 16.6 Å². The average Bonchev–Trinajstić information content (AvgIpc) is 2.61. The molecule has 0 radical (unpaired) electrons. The molecule has 1 saturated heterocycles. The third-order valence-electron chi connectivity index (χ3n) is 4.81. The second-order valence-corrected chi connectivity index (χ2v) is 6.97. The van der Waals surface area contributed by atoms with E-state index in [1.807, 2.05) is 0 Å². The lowest BCUT2D eigenvalue weighted by Gasteiger charge is -2.30. The third-order valence-corrected chi connectivity index (χ3v) is 4.81. The number of carbonyl (C=O) groups is 1. The number of hydrogen-bond donors (Lipinski definition) is 3. The molecule has 4 N–H and O–H groups in total. The second-order valence-electron chi connectivity index (χ2n) is 6.97. The summed E-state index contributed by atoms with van der Waals surface area (Å²) >= 11 is 0. The van der Waals surface area contributed by atoms with Gasteiger partial charge in [0.1, 0.15) is 0 Å². The third kappa shape index (κ3) is 10.3. The van der Waals surface area contributed by atoms with Gasteiger partial charge in [0.15, 0.2) is 5.96 Å². The van der Waals surface area contributed by atoms with Gasteiger partial charge in [0.25, 0.3) is 0 Å². The van der Waals surface area contributed by atoms with Gasteiger partial charge in [-0.3, -0.25) is 9.79 Å². The van der Waals surface area contributed by atoms with E-state index in [-0.39, 0.29) is 11.8 Å². The van der Waals surface area contributed by atoms with Crippen molar-refractivity contribution in [2.45, 2.75) is 65.2 Å². The number of amides is 1. The Hall–Kier alpha value is -1.30. The Bertz CT molecular complexity index is 378. The fourth-order valence-electron chi connectivity index (χ4n) is 3.18. The lowest BCUT2D eigenvalue weighted by molar-refractivity contribution is -0.123. The number of nitrogens with two attached hydrogens (primary N) is 1. The van der Waals surface area contributed by atoms with Crippen LogP contribution in [-0.4, -0.2) is 56.0 Å². The van der Waals surface area contributed by atoms with E-state index in [1.165, 1.54) is 32.1 Å². The Kier molecular flexibility index (Phi) is 12.1. The number of rotatable bonds is 12. The summed E-state index contributed by atoms with van der Waals surface area (Å²) in [6.45, 7) is 10.2. The highest BCUT2D eigenvalue weighted by molar-refractivity contribution is 5.79.